The highest BCUT2D eigenvalue weighted by atomic mass is 16.2. The molecule has 4 nitrogen and oxygen atoms in total. The van der Waals surface area contributed by atoms with Gasteiger partial charge in [0.05, 0.1) is 6.26 Å². The van der Waals surface area contributed by atoms with E-state index in [1.54, 1.807) is 0 Å². The maximum Gasteiger partial charge on any atom is 0.292 e. The van der Waals surface area contributed by atoms with E-state index in [1.165, 1.54) is 0 Å². The third-order valence-corrected chi connectivity index (χ3v) is 1.56. The first-order valence-electron chi connectivity index (χ1n) is 3.41. The lowest BCUT2D eigenvalue weighted by Gasteiger charge is -1.95. The van der Waals surface area contributed by atoms with Gasteiger partial charge in [0.2, 0.25) is 5.78 Å². The van der Waals surface area contributed by atoms with Crippen molar-refractivity contribution in [3.63, 3.8) is 0 Å². The summed E-state index contributed by atoms with van der Waals surface area (Å²) < 4.78 is 0. The second kappa shape index (κ2) is 3.18. The van der Waals surface area contributed by atoms with Gasteiger partial charge >= 0.3 is 0 Å². The molecule has 1 heterocycles. The fourth-order valence-corrected chi connectivity index (χ4v) is 0.944. The quantitative estimate of drug-likeness (QED) is 0.292. The minimum Gasteiger partial charge on any atom is -0.515 e. The van der Waals surface area contributed by atoms with Crippen molar-refractivity contribution in [3.8, 4) is 0 Å². The molecule has 4 heteroatoms. The number of hydrogen-bond acceptors (Lipinski definition) is 3. The number of Topliss-reactive ketones (excluding diaryl/α,β-unsaturated/α-hetero) is 1. The summed E-state index contributed by atoms with van der Waals surface area (Å²) in [5, 5.41) is 11.0. The van der Waals surface area contributed by atoms with Crippen LogP contribution in [0.2, 0.25) is 0 Å². The Kier molecular flexibility index (Phi) is 2.25. The largest absolute Gasteiger partial charge is 0.515 e. The fourth-order valence-electron chi connectivity index (χ4n) is 0.944. The molecule has 1 fully saturated rings. The van der Waals surface area contributed by atoms with E-state index in [1.807, 2.05) is 0 Å². The van der Waals surface area contributed by atoms with Gasteiger partial charge in [-0.3, -0.25) is 9.59 Å². The molecule has 0 radical (unpaired) electrons. The van der Waals surface area contributed by atoms with E-state index in [9.17, 15) is 9.59 Å². The maximum atomic E-state index is 10.9. The van der Waals surface area contributed by atoms with Crippen molar-refractivity contribution in [2.45, 2.75) is 12.8 Å². The molecule has 1 saturated heterocycles. The lowest BCUT2D eigenvalue weighted by atomic mass is 10.1. The maximum absolute atomic E-state index is 10.9. The van der Waals surface area contributed by atoms with Gasteiger partial charge in [-0.25, -0.2) is 0 Å². The molecule has 0 spiro atoms. The highest BCUT2D eigenvalue weighted by Crippen LogP contribution is 2.08. The van der Waals surface area contributed by atoms with Crippen LogP contribution in [0.15, 0.2) is 11.8 Å². The van der Waals surface area contributed by atoms with Gasteiger partial charge in [-0.1, -0.05) is 0 Å². The summed E-state index contributed by atoms with van der Waals surface area (Å²) in [5.41, 5.74) is 0.194. The second-order valence-corrected chi connectivity index (χ2v) is 2.34. The molecule has 1 amide bonds. The SMILES string of the molecule is O=C1NCCC/C(=C/O)C1=O. The van der Waals surface area contributed by atoms with Crippen LogP contribution in [0.25, 0.3) is 0 Å². The molecule has 0 atom stereocenters. The van der Waals surface area contributed by atoms with Gasteiger partial charge < -0.3 is 10.4 Å². The Morgan fingerprint density at radius 2 is 2.18 bits per heavy atom. The molecule has 60 valence electrons. The molecular formula is C7H9NO3. The molecule has 0 aliphatic carbocycles. The zero-order valence-corrected chi connectivity index (χ0v) is 5.96. The van der Waals surface area contributed by atoms with Crippen molar-refractivity contribution < 1.29 is 14.7 Å². The van der Waals surface area contributed by atoms with E-state index in [4.69, 9.17) is 5.11 Å². The van der Waals surface area contributed by atoms with Gasteiger partial charge in [0.1, 0.15) is 0 Å². The smallest absolute Gasteiger partial charge is 0.292 e. The number of aliphatic hydroxyl groups is 1. The number of ketones is 1. The summed E-state index contributed by atoms with van der Waals surface area (Å²) in [4.78, 5) is 21.7. The van der Waals surface area contributed by atoms with E-state index < -0.39 is 11.7 Å². The topological polar surface area (TPSA) is 66.4 Å². The number of hydrogen-bond donors (Lipinski definition) is 2. The average molecular weight is 155 g/mol. The molecule has 0 aromatic carbocycles. The van der Waals surface area contributed by atoms with Gasteiger partial charge in [0.25, 0.3) is 5.91 Å². The van der Waals surface area contributed by atoms with Gasteiger partial charge in [0, 0.05) is 12.1 Å². The van der Waals surface area contributed by atoms with Gasteiger partial charge in [0.15, 0.2) is 0 Å². The van der Waals surface area contributed by atoms with Crippen molar-refractivity contribution >= 4 is 11.7 Å². The van der Waals surface area contributed by atoms with Crippen LogP contribution in [0.4, 0.5) is 0 Å². The zero-order valence-electron chi connectivity index (χ0n) is 5.96. The van der Waals surface area contributed by atoms with Gasteiger partial charge in [-0.2, -0.15) is 0 Å². The van der Waals surface area contributed by atoms with Crippen LogP contribution in [0, 0.1) is 0 Å². The van der Waals surface area contributed by atoms with Crippen LogP contribution in [-0.4, -0.2) is 23.3 Å². The Balaban J connectivity index is 2.81. The monoisotopic (exact) mass is 155 g/mol. The molecule has 2 N–H and O–H groups in total. The first-order chi connectivity index (χ1) is 5.25. The number of amides is 1. The van der Waals surface area contributed by atoms with Crippen LogP contribution in [0.1, 0.15) is 12.8 Å². The molecule has 1 aliphatic heterocycles. The second-order valence-electron chi connectivity index (χ2n) is 2.34. The van der Waals surface area contributed by atoms with Gasteiger partial charge in [-0.05, 0) is 12.8 Å². The third kappa shape index (κ3) is 1.58. The van der Waals surface area contributed by atoms with E-state index in [2.05, 4.69) is 5.32 Å². The first-order valence-corrected chi connectivity index (χ1v) is 3.41. The number of nitrogens with one attached hydrogen (secondary N) is 1. The normalized spacial score (nSPS) is 23.1. The van der Waals surface area contributed by atoms with Crippen molar-refractivity contribution in [3.05, 3.63) is 11.8 Å². The number of carbonyl (C=O) groups is 2. The molecule has 0 saturated carbocycles. The van der Waals surface area contributed by atoms with Crippen molar-refractivity contribution in [2.75, 3.05) is 6.54 Å². The molecule has 0 aromatic heterocycles. The summed E-state index contributed by atoms with van der Waals surface area (Å²) in [5.74, 6) is -1.24. The highest BCUT2D eigenvalue weighted by Gasteiger charge is 2.21. The standard InChI is InChI=1S/C7H9NO3/c9-4-5-2-1-3-8-7(11)6(5)10/h4,9H,1-3H2,(H,8,11)/b5-4-. The van der Waals surface area contributed by atoms with Crippen molar-refractivity contribution in [1.82, 2.24) is 5.32 Å². The predicted octanol–water partition coefficient (Wildman–Crippen LogP) is -0.0926. The predicted molar refractivity (Wildman–Crippen MR) is 38.0 cm³/mol. The molecule has 1 rings (SSSR count). The van der Waals surface area contributed by atoms with Crippen LogP contribution < -0.4 is 5.32 Å². The van der Waals surface area contributed by atoms with Crippen molar-refractivity contribution in [2.24, 2.45) is 0 Å². The average Bonchev–Trinajstić information content (AvgIpc) is 2.16. The number of rotatable bonds is 0. The van der Waals surface area contributed by atoms with Crippen LogP contribution in [-0.2, 0) is 9.59 Å². The lowest BCUT2D eigenvalue weighted by molar-refractivity contribution is -0.135. The Hall–Kier alpha value is -1.32. The zero-order chi connectivity index (χ0) is 8.27. The van der Waals surface area contributed by atoms with Crippen LogP contribution in [0.5, 0.6) is 0 Å². The molecule has 1 aliphatic rings. The van der Waals surface area contributed by atoms with Gasteiger partial charge in [-0.15, -0.1) is 0 Å². The lowest BCUT2D eigenvalue weighted by Crippen LogP contribution is -2.29. The van der Waals surface area contributed by atoms with Crippen LogP contribution >= 0.6 is 0 Å². The summed E-state index contributed by atoms with van der Waals surface area (Å²) in [6, 6.07) is 0. The van der Waals surface area contributed by atoms with E-state index >= 15 is 0 Å². The minimum atomic E-state index is -0.622. The van der Waals surface area contributed by atoms with Crippen molar-refractivity contribution in [1.29, 1.82) is 0 Å². The Bertz CT molecular complexity index is 220. The van der Waals surface area contributed by atoms with E-state index in [0.29, 0.717) is 25.6 Å². The molecule has 11 heavy (non-hydrogen) atoms. The third-order valence-electron chi connectivity index (χ3n) is 1.56. The fraction of sp³-hybridized carbons (Fsp3) is 0.429. The molecular weight excluding hydrogens is 146 g/mol. The van der Waals surface area contributed by atoms with E-state index in [-0.39, 0.29) is 5.57 Å². The first kappa shape index (κ1) is 7.78. The number of aliphatic hydroxyl groups excluding tert-OH is 1. The Morgan fingerprint density at radius 1 is 1.45 bits per heavy atom. The van der Waals surface area contributed by atoms with E-state index in [0.717, 1.165) is 0 Å². The molecule has 0 unspecified atom stereocenters. The Morgan fingerprint density at radius 3 is 2.82 bits per heavy atom. The summed E-state index contributed by atoms with van der Waals surface area (Å²) in [6.45, 7) is 0.502. The van der Waals surface area contributed by atoms with Crippen LogP contribution in [0.3, 0.4) is 0 Å². The molecule has 0 aromatic rings. The highest BCUT2D eigenvalue weighted by molar-refractivity contribution is 6.42. The molecule has 0 bridgehead atoms. The summed E-state index contributed by atoms with van der Waals surface area (Å²) in [6.07, 6.45) is 1.88. The summed E-state index contributed by atoms with van der Waals surface area (Å²) >= 11 is 0. The number of carbonyl (C=O) groups excluding carboxylic acids is 2. The summed E-state index contributed by atoms with van der Waals surface area (Å²) in [7, 11) is 0. The minimum absolute atomic E-state index is 0.194. The Labute approximate surface area is 63.9 Å².